The van der Waals surface area contributed by atoms with Gasteiger partial charge in [0.2, 0.25) is 5.88 Å². The maximum Gasteiger partial charge on any atom is 0.410 e. The standard InChI is InChI=1S/C28H36N4O4/c1-28(2,3)36-27(33)31-13-9-21(10-14-31)24-5-4-6-26(30-24)35-19-20-7-8-22-18-29-32(25(22)17-20)23-11-15-34-16-12-23/h4-8,17-18,21,23H,9-16,19H2,1-3H3. The van der Waals surface area contributed by atoms with Crippen LogP contribution >= 0.6 is 0 Å². The number of hydrogen-bond acceptors (Lipinski definition) is 6. The molecule has 0 spiro atoms. The van der Waals surface area contributed by atoms with Gasteiger partial charge < -0.3 is 19.1 Å². The van der Waals surface area contributed by atoms with Gasteiger partial charge in [-0.05, 0) is 64.2 Å². The van der Waals surface area contributed by atoms with Crippen LogP contribution in [0.25, 0.3) is 10.9 Å². The summed E-state index contributed by atoms with van der Waals surface area (Å²) in [6.45, 7) is 9.06. The average molecular weight is 493 g/mol. The van der Waals surface area contributed by atoms with E-state index in [4.69, 9.17) is 19.2 Å². The first-order valence-electron chi connectivity index (χ1n) is 13.0. The van der Waals surface area contributed by atoms with Gasteiger partial charge in [0.05, 0.1) is 17.8 Å². The average Bonchev–Trinajstić information content (AvgIpc) is 3.31. The van der Waals surface area contributed by atoms with Crippen LogP contribution in [-0.2, 0) is 16.1 Å². The summed E-state index contributed by atoms with van der Waals surface area (Å²) in [7, 11) is 0. The summed E-state index contributed by atoms with van der Waals surface area (Å²) < 4.78 is 19.3. The predicted molar refractivity (Wildman–Crippen MR) is 137 cm³/mol. The van der Waals surface area contributed by atoms with Gasteiger partial charge in [-0.25, -0.2) is 9.78 Å². The van der Waals surface area contributed by atoms with Crippen molar-refractivity contribution in [3.05, 3.63) is 53.9 Å². The number of fused-ring (bicyclic) bond motifs is 1. The molecule has 36 heavy (non-hydrogen) atoms. The van der Waals surface area contributed by atoms with E-state index in [1.165, 1.54) is 0 Å². The first kappa shape index (κ1) is 24.6. The molecule has 8 heteroatoms. The third-order valence-electron chi connectivity index (χ3n) is 6.90. The van der Waals surface area contributed by atoms with Crippen LogP contribution in [0.5, 0.6) is 5.88 Å². The van der Waals surface area contributed by atoms with Crippen molar-refractivity contribution in [1.29, 1.82) is 0 Å². The van der Waals surface area contributed by atoms with Crippen molar-refractivity contribution < 1.29 is 19.0 Å². The van der Waals surface area contributed by atoms with E-state index >= 15 is 0 Å². The highest BCUT2D eigenvalue weighted by molar-refractivity contribution is 5.79. The molecule has 0 unspecified atom stereocenters. The number of likely N-dealkylation sites (tertiary alicyclic amines) is 1. The van der Waals surface area contributed by atoms with Gasteiger partial charge in [-0.3, -0.25) is 4.68 Å². The second kappa shape index (κ2) is 10.5. The van der Waals surface area contributed by atoms with Gasteiger partial charge in [0.15, 0.2) is 0 Å². The minimum absolute atomic E-state index is 0.235. The second-order valence-electron chi connectivity index (χ2n) is 10.8. The molecule has 5 rings (SSSR count). The van der Waals surface area contributed by atoms with Crippen molar-refractivity contribution in [3.8, 4) is 5.88 Å². The van der Waals surface area contributed by atoms with Crippen molar-refractivity contribution in [1.82, 2.24) is 19.7 Å². The van der Waals surface area contributed by atoms with E-state index in [0.717, 1.165) is 61.1 Å². The first-order valence-corrected chi connectivity index (χ1v) is 13.0. The van der Waals surface area contributed by atoms with Gasteiger partial charge >= 0.3 is 6.09 Å². The highest BCUT2D eigenvalue weighted by Crippen LogP contribution is 2.29. The van der Waals surface area contributed by atoms with Crippen molar-refractivity contribution in [2.45, 2.75) is 70.6 Å². The number of piperidine rings is 1. The quantitative estimate of drug-likeness (QED) is 0.470. The van der Waals surface area contributed by atoms with Crippen LogP contribution in [0.4, 0.5) is 4.79 Å². The monoisotopic (exact) mass is 492 g/mol. The van der Waals surface area contributed by atoms with Crippen molar-refractivity contribution in [2.24, 2.45) is 0 Å². The molecule has 0 atom stereocenters. The van der Waals surface area contributed by atoms with Crippen LogP contribution in [0.1, 0.15) is 69.7 Å². The molecule has 1 amide bonds. The molecule has 3 aromatic rings. The van der Waals surface area contributed by atoms with Crippen LogP contribution in [0.3, 0.4) is 0 Å². The Morgan fingerprint density at radius 3 is 2.61 bits per heavy atom. The van der Waals surface area contributed by atoms with E-state index in [9.17, 15) is 4.79 Å². The summed E-state index contributed by atoms with van der Waals surface area (Å²) in [5, 5.41) is 5.79. The zero-order chi connectivity index (χ0) is 25.1. The van der Waals surface area contributed by atoms with Gasteiger partial charge in [-0.15, -0.1) is 0 Å². The molecule has 0 N–H and O–H groups in total. The van der Waals surface area contributed by atoms with Crippen LogP contribution in [0.2, 0.25) is 0 Å². The Balaban J connectivity index is 1.20. The fraction of sp³-hybridized carbons (Fsp3) is 0.536. The first-order chi connectivity index (χ1) is 17.4. The third-order valence-corrected chi connectivity index (χ3v) is 6.90. The third kappa shape index (κ3) is 5.81. The summed E-state index contributed by atoms with van der Waals surface area (Å²) in [5.41, 5.74) is 2.77. The number of nitrogens with zero attached hydrogens (tertiary/aromatic N) is 4. The van der Waals surface area contributed by atoms with Crippen molar-refractivity contribution >= 4 is 17.0 Å². The lowest BCUT2D eigenvalue weighted by molar-refractivity contribution is 0.0204. The SMILES string of the molecule is CC(C)(C)OC(=O)N1CCC(c2cccc(OCc3ccc4cnn(C5CCOCC5)c4c3)n2)CC1. The lowest BCUT2D eigenvalue weighted by Gasteiger charge is -2.33. The summed E-state index contributed by atoms with van der Waals surface area (Å²) in [4.78, 5) is 19.0. The normalized spacial score (nSPS) is 17.9. The zero-order valence-electron chi connectivity index (χ0n) is 21.5. The molecule has 2 aliphatic heterocycles. The molecule has 192 valence electrons. The minimum Gasteiger partial charge on any atom is -0.473 e. The predicted octanol–water partition coefficient (Wildman–Crippen LogP) is 5.48. The van der Waals surface area contributed by atoms with E-state index < -0.39 is 5.60 Å². The van der Waals surface area contributed by atoms with E-state index in [1.54, 1.807) is 4.90 Å². The molecule has 0 radical (unpaired) electrons. The van der Waals surface area contributed by atoms with Gasteiger partial charge in [0.25, 0.3) is 0 Å². The molecular weight excluding hydrogens is 456 g/mol. The maximum atomic E-state index is 12.4. The van der Waals surface area contributed by atoms with Crippen LogP contribution in [0.15, 0.2) is 42.6 Å². The molecular formula is C28H36N4O4. The van der Waals surface area contributed by atoms with Gasteiger partial charge in [-0.1, -0.05) is 18.2 Å². The Kier molecular flexibility index (Phi) is 7.14. The molecule has 8 nitrogen and oxygen atoms in total. The van der Waals surface area contributed by atoms with Crippen molar-refractivity contribution in [3.63, 3.8) is 0 Å². The number of amides is 1. The van der Waals surface area contributed by atoms with Crippen LogP contribution in [0, 0.1) is 0 Å². The highest BCUT2D eigenvalue weighted by Gasteiger charge is 2.28. The molecule has 0 bridgehead atoms. The Labute approximate surface area is 212 Å². The highest BCUT2D eigenvalue weighted by atomic mass is 16.6. The Morgan fingerprint density at radius 1 is 1.08 bits per heavy atom. The van der Waals surface area contributed by atoms with Crippen LogP contribution in [-0.4, -0.2) is 57.7 Å². The lowest BCUT2D eigenvalue weighted by atomic mass is 9.93. The molecule has 2 aliphatic rings. The minimum atomic E-state index is -0.476. The fourth-order valence-electron chi connectivity index (χ4n) is 4.97. The zero-order valence-corrected chi connectivity index (χ0v) is 21.5. The number of pyridine rings is 1. The number of benzene rings is 1. The number of ether oxygens (including phenoxy) is 3. The number of carbonyl (C=O) groups is 1. The van der Waals surface area contributed by atoms with E-state index in [2.05, 4.69) is 34.0 Å². The molecule has 2 aromatic heterocycles. The van der Waals surface area contributed by atoms with E-state index in [-0.39, 0.29) is 6.09 Å². The summed E-state index contributed by atoms with van der Waals surface area (Å²) in [6, 6.07) is 12.7. The van der Waals surface area contributed by atoms with E-state index in [0.29, 0.717) is 37.5 Å². The van der Waals surface area contributed by atoms with Gasteiger partial charge in [0.1, 0.15) is 12.2 Å². The van der Waals surface area contributed by atoms with E-state index in [1.807, 2.05) is 39.1 Å². The molecule has 4 heterocycles. The second-order valence-corrected chi connectivity index (χ2v) is 10.8. The largest absolute Gasteiger partial charge is 0.473 e. The molecule has 0 saturated carbocycles. The van der Waals surface area contributed by atoms with Crippen molar-refractivity contribution in [2.75, 3.05) is 26.3 Å². The number of carbonyl (C=O) groups excluding carboxylic acids is 1. The topological polar surface area (TPSA) is 78.7 Å². The lowest BCUT2D eigenvalue weighted by Crippen LogP contribution is -2.41. The molecule has 0 aliphatic carbocycles. The Morgan fingerprint density at radius 2 is 1.86 bits per heavy atom. The number of hydrogen-bond donors (Lipinski definition) is 0. The van der Waals surface area contributed by atoms with Gasteiger partial charge in [-0.2, -0.15) is 5.10 Å². The molecule has 2 fully saturated rings. The number of rotatable bonds is 5. The Bertz CT molecular complexity index is 1190. The smallest absolute Gasteiger partial charge is 0.410 e. The van der Waals surface area contributed by atoms with Crippen LogP contribution < -0.4 is 4.74 Å². The number of aromatic nitrogens is 3. The summed E-state index contributed by atoms with van der Waals surface area (Å²) in [6.07, 6.45) is 5.41. The maximum absolute atomic E-state index is 12.4. The summed E-state index contributed by atoms with van der Waals surface area (Å²) in [5.74, 6) is 0.928. The molecule has 2 saturated heterocycles. The van der Waals surface area contributed by atoms with Gasteiger partial charge in [0, 0.05) is 49.4 Å². The molecule has 1 aromatic carbocycles. The summed E-state index contributed by atoms with van der Waals surface area (Å²) >= 11 is 0. The fourth-order valence-corrected chi connectivity index (χ4v) is 4.97. The Hall–Kier alpha value is -3.13.